The highest BCUT2D eigenvalue weighted by atomic mass is 19.4. The largest absolute Gasteiger partial charge is 0.495 e. The van der Waals surface area contributed by atoms with Gasteiger partial charge in [0.05, 0.1) is 18.4 Å². The number of benzene rings is 1. The minimum atomic E-state index is -5.33. The van der Waals surface area contributed by atoms with Crippen molar-refractivity contribution in [3.05, 3.63) is 54.4 Å². The average molecular weight is 394 g/mol. The van der Waals surface area contributed by atoms with E-state index >= 15 is 0 Å². The van der Waals surface area contributed by atoms with E-state index in [1.54, 1.807) is 10.6 Å². The van der Waals surface area contributed by atoms with E-state index in [-0.39, 0.29) is 21.9 Å². The van der Waals surface area contributed by atoms with Gasteiger partial charge in [-0.25, -0.2) is 9.69 Å². The number of para-hydroxylation sites is 2. The van der Waals surface area contributed by atoms with Gasteiger partial charge in [-0.15, -0.1) is 0 Å². The molecular formula is C17H13F3N4O4. The van der Waals surface area contributed by atoms with Gasteiger partial charge in [0.15, 0.2) is 0 Å². The van der Waals surface area contributed by atoms with E-state index in [4.69, 9.17) is 4.74 Å². The quantitative estimate of drug-likeness (QED) is 0.771. The Hall–Kier alpha value is -3.63. The number of ether oxygens (including phenoxy) is 1. The molecule has 2 aromatic rings. The Kier molecular flexibility index (Phi) is 4.67. The normalized spacial score (nSPS) is 19.4. The SMILES string of the molecule is COc1ccccc1N1C(=O)N[C@@](NC(=O)c2cccnc2)(C(F)(F)F)C1=O. The summed E-state index contributed by atoms with van der Waals surface area (Å²) < 4.78 is 46.6. The number of amides is 4. The predicted molar refractivity (Wildman–Crippen MR) is 89.5 cm³/mol. The van der Waals surface area contributed by atoms with Gasteiger partial charge in [0.1, 0.15) is 5.75 Å². The van der Waals surface area contributed by atoms with Crippen LogP contribution in [-0.2, 0) is 4.79 Å². The summed E-state index contributed by atoms with van der Waals surface area (Å²) in [5.74, 6) is -2.95. The summed E-state index contributed by atoms with van der Waals surface area (Å²) in [6, 6.07) is 6.74. The Morgan fingerprint density at radius 1 is 1.21 bits per heavy atom. The lowest BCUT2D eigenvalue weighted by Crippen LogP contribution is -2.69. The highest BCUT2D eigenvalue weighted by molar-refractivity contribution is 6.25. The molecule has 0 bridgehead atoms. The molecule has 1 atom stereocenters. The summed E-state index contributed by atoms with van der Waals surface area (Å²) in [4.78, 5) is 41.3. The Morgan fingerprint density at radius 3 is 2.54 bits per heavy atom. The van der Waals surface area contributed by atoms with Crippen molar-refractivity contribution in [1.29, 1.82) is 0 Å². The lowest BCUT2D eigenvalue weighted by Gasteiger charge is -2.29. The summed E-state index contributed by atoms with van der Waals surface area (Å²) in [6.45, 7) is 0. The van der Waals surface area contributed by atoms with Crippen LogP contribution in [0.1, 0.15) is 10.4 Å². The van der Waals surface area contributed by atoms with E-state index < -0.39 is 29.7 Å². The van der Waals surface area contributed by atoms with Crippen molar-refractivity contribution in [2.75, 3.05) is 12.0 Å². The van der Waals surface area contributed by atoms with Crippen molar-refractivity contribution in [2.45, 2.75) is 11.8 Å². The smallest absolute Gasteiger partial charge is 0.440 e. The van der Waals surface area contributed by atoms with Crippen LogP contribution in [-0.4, -0.2) is 41.8 Å². The third-order valence-electron chi connectivity index (χ3n) is 4.00. The molecule has 1 saturated heterocycles. The minimum Gasteiger partial charge on any atom is -0.495 e. The van der Waals surface area contributed by atoms with E-state index in [0.717, 1.165) is 6.20 Å². The fourth-order valence-electron chi connectivity index (χ4n) is 2.65. The van der Waals surface area contributed by atoms with Crippen LogP contribution in [0.25, 0.3) is 0 Å². The zero-order valence-electron chi connectivity index (χ0n) is 14.3. The van der Waals surface area contributed by atoms with Crippen LogP contribution in [0.4, 0.5) is 23.7 Å². The van der Waals surface area contributed by atoms with Crippen molar-refractivity contribution >= 4 is 23.5 Å². The van der Waals surface area contributed by atoms with Gasteiger partial charge in [-0.3, -0.25) is 19.9 Å². The molecule has 1 aromatic heterocycles. The van der Waals surface area contributed by atoms with E-state index in [9.17, 15) is 27.6 Å². The number of pyridine rings is 1. The van der Waals surface area contributed by atoms with Crippen LogP contribution in [0.2, 0.25) is 0 Å². The molecule has 0 saturated carbocycles. The summed E-state index contributed by atoms with van der Waals surface area (Å²) in [6.07, 6.45) is -2.98. The van der Waals surface area contributed by atoms with Crippen LogP contribution >= 0.6 is 0 Å². The van der Waals surface area contributed by atoms with Crippen molar-refractivity contribution in [3.8, 4) is 5.75 Å². The fourth-order valence-corrected chi connectivity index (χ4v) is 2.65. The van der Waals surface area contributed by atoms with Gasteiger partial charge >= 0.3 is 12.2 Å². The molecule has 1 fully saturated rings. The Bertz CT molecular complexity index is 935. The van der Waals surface area contributed by atoms with Gasteiger partial charge in [-0.05, 0) is 24.3 Å². The van der Waals surface area contributed by atoms with Crippen molar-refractivity contribution in [3.63, 3.8) is 0 Å². The molecule has 3 rings (SSSR count). The number of nitrogens with one attached hydrogen (secondary N) is 2. The lowest BCUT2D eigenvalue weighted by molar-refractivity contribution is -0.197. The van der Waals surface area contributed by atoms with E-state index in [1.165, 1.54) is 49.7 Å². The average Bonchev–Trinajstić information content (AvgIpc) is 2.93. The zero-order chi connectivity index (χ0) is 20.5. The van der Waals surface area contributed by atoms with E-state index in [1.807, 2.05) is 0 Å². The number of aromatic nitrogens is 1. The zero-order valence-corrected chi connectivity index (χ0v) is 14.3. The number of nitrogens with zero attached hydrogens (tertiary/aromatic N) is 2. The standard InChI is InChI=1S/C17H13F3N4O4/c1-28-12-7-3-2-6-11(12)24-14(26)16(17(18,19)20,23-15(24)27)22-13(25)10-5-4-8-21-9-10/h2-9H,1H3,(H,22,25)(H,23,27)/t16-/m1/s1. The third kappa shape index (κ3) is 3.00. The van der Waals surface area contributed by atoms with Gasteiger partial charge in [-0.2, -0.15) is 13.2 Å². The van der Waals surface area contributed by atoms with Gasteiger partial charge in [-0.1, -0.05) is 12.1 Å². The Labute approximate surface area is 156 Å². The maximum absolute atomic E-state index is 13.9. The molecule has 28 heavy (non-hydrogen) atoms. The second kappa shape index (κ2) is 6.83. The molecule has 11 heteroatoms. The third-order valence-corrected chi connectivity index (χ3v) is 4.00. The van der Waals surface area contributed by atoms with Gasteiger partial charge in [0.25, 0.3) is 17.5 Å². The van der Waals surface area contributed by atoms with Gasteiger partial charge in [0, 0.05) is 12.4 Å². The molecular weight excluding hydrogens is 381 g/mol. The molecule has 2 heterocycles. The number of hydrogen-bond donors (Lipinski definition) is 2. The predicted octanol–water partition coefficient (Wildman–Crippen LogP) is 1.83. The van der Waals surface area contributed by atoms with Crippen LogP contribution in [0, 0.1) is 0 Å². The number of hydrogen-bond acceptors (Lipinski definition) is 5. The number of methoxy groups -OCH3 is 1. The monoisotopic (exact) mass is 394 g/mol. The second-order valence-electron chi connectivity index (χ2n) is 5.69. The summed E-state index contributed by atoms with van der Waals surface area (Å²) in [7, 11) is 1.23. The molecule has 1 aliphatic rings. The van der Waals surface area contributed by atoms with Crippen molar-refractivity contribution < 1.29 is 32.3 Å². The van der Waals surface area contributed by atoms with Gasteiger partial charge in [0.2, 0.25) is 0 Å². The molecule has 4 amide bonds. The molecule has 0 aliphatic carbocycles. The summed E-state index contributed by atoms with van der Waals surface area (Å²) in [5.41, 5.74) is -4.06. The number of imide groups is 1. The first-order chi connectivity index (χ1) is 13.2. The number of carbonyl (C=O) groups is 3. The highest BCUT2D eigenvalue weighted by Gasteiger charge is 2.69. The number of rotatable bonds is 4. The van der Waals surface area contributed by atoms with Crippen LogP contribution in [0.5, 0.6) is 5.75 Å². The number of anilines is 1. The molecule has 146 valence electrons. The lowest BCUT2D eigenvalue weighted by atomic mass is 10.1. The second-order valence-corrected chi connectivity index (χ2v) is 5.69. The first-order valence-electron chi connectivity index (χ1n) is 7.80. The van der Waals surface area contributed by atoms with Crippen molar-refractivity contribution in [2.24, 2.45) is 0 Å². The summed E-state index contributed by atoms with van der Waals surface area (Å²) in [5, 5.41) is 3.16. The fraction of sp³-hybridized carbons (Fsp3) is 0.176. The number of urea groups is 1. The molecule has 0 spiro atoms. The molecule has 1 aromatic carbocycles. The number of halogens is 3. The molecule has 2 N–H and O–H groups in total. The highest BCUT2D eigenvalue weighted by Crippen LogP contribution is 2.38. The van der Waals surface area contributed by atoms with E-state index in [0.29, 0.717) is 0 Å². The van der Waals surface area contributed by atoms with Gasteiger partial charge < -0.3 is 10.1 Å². The number of carbonyl (C=O) groups excluding carboxylic acids is 3. The van der Waals surface area contributed by atoms with E-state index in [2.05, 4.69) is 4.98 Å². The van der Waals surface area contributed by atoms with Crippen LogP contribution in [0.3, 0.4) is 0 Å². The molecule has 1 aliphatic heterocycles. The van der Waals surface area contributed by atoms with Crippen LogP contribution < -0.4 is 20.3 Å². The maximum Gasteiger partial charge on any atom is 0.440 e. The topological polar surface area (TPSA) is 101 Å². The first-order valence-corrected chi connectivity index (χ1v) is 7.80. The molecule has 0 unspecified atom stereocenters. The first kappa shape index (κ1) is 19.1. The van der Waals surface area contributed by atoms with Crippen LogP contribution in [0.15, 0.2) is 48.8 Å². The Balaban J connectivity index is 2.04. The Morgan fingerprint density at radius 2 is 1.93 bits per heavy atom. The van der Waals surface area contributed by atoms with Crippen molar-refractivity contribution in [1.82, 2.24) is 15.6 Å². The summed E-state index contributed by atoms with van der Waals surface area (Å²) >= 11 is 0. The number of alkyl halides is 3. The minimum absolute atomic E-state index is 0.00237. The maximum atomic E-state index is 13.9. The molecule has 8 nitrogen and oxygen atoms in total. The molecule has 0 radical (unpaired) electrons.